The minimum absolute atomic E-state index is 0.000229. The van der Waals surface area contributed by atoms with Gasteiger partial charge in [0.2, 0.25) is 0 Å². The summed E-state index contributed by atoms with van der Waals surface area (Å²) in [4.78, 5) is 34.1. The number of thioether (sulfide) groups is 1. The number of fused-ring (bicyclic) bond motifs is 1. The van der Waals surface area contributed by atoms with Crippen LogP contribution in [0.4, 0.5) is 11.4 Å². The predicted molar refractivity (Wildman–Crippen MR) is 151 cm³/mol. The van der Waals surface area contributed by atoms with Gasteiger partial charge in [0.25, 0.3) is 11.8 Å². The van der Waals surface area contributed by atoms with E-state index in [1.807, 2.05) is 53.4 Å². The number of anilines is 2. The molecule has 37 heavy (non-hydrogen) atoms. The van der Waals surface area contributed by atoms with E-state index in [0.29, 0.717) is 23.6 Å². The maximum absolute atomic E-state index is 13.5. The predicted octanol–water partition coefficient (Wildman–Crippen LogP) is 5.46. The summed E-state index contributed by atoms with van der Waals surface area (Å²) < 4.78 is 5.44. The summed E-state index contributed by atoms with van der Waals surface area (Å²) in [6.07, 6.45) is 1.86. The first kappa shape index (κ1) is 25.0. The number of aryl methyl sites for hydroxylation is 1. The Morgan fingerprint density at radius 1 is 1.05 bits per heavy atom. The van der Waals surface area contributed by atoms with Gasteiger partial charge in [0.1, 0.15) is 5.75 Å². The molecule has 1 fully saturated rings. The second-order valence-corrected chi connectivity index (χ2v) is 10.6. The SMILES string of the molecule is COc1ccccc1C=C1Sc2ccc(C(=O)N3CCN(c4cccc(C)c4)C(C)C3)cc2N(C)C1=O. The summed E-state index contributed by atoms with van der Waals surface area (Å²) >= 11 is 1.42. The number of hydrogen-bond donors (Lipinski definition) is 0. The van der Waals surface area contributed by atoms with Gasteiger partial charge >= 0.3 is 0 Å². The summed E-state index contributed by atoms with van der Waals surface area (Å²) in [5, 5.41) is 0. The minimum Gasteiger partial charge on any atom is -0.496 e. The number of amides is 2. The summed E-state index contributed by atoms with van der Waals surface area (Å²) in [7, 11) is 3.38. The molecule has 0 spiro atoms. The van der Waals surface area contributed by atoms with Gasteiger partial charge in [-0.05, 0) is 61.9 Å². The lowest BCUT2D eigenvalue weighted by atomic mass is 10.1. The van der Waals surface area contributed by atoms with Gasteiger partial charge in [-0.15, -0.1) is 0 Å². The number of likely N-dealkylation sites (N-methyl/N-ethyl adjacent to an activating group) is 1. The Hall–Kier alpha value is -3.71. The van der Waals surface area contributed by atoms with Gasteiger partial charge in [0.05, 0.1) is 17.7 Å². The van der Waals surface area contributed by atoms with Crippen LogP contribution in [0.1, 0.15) is 28.4 Å². The molecule has 0 aliphatic carbocycles. The number of methoxy groups -OCH3 is 1. The Labute approximate surface area is 222 Å². The molecule has 1 atom stereocenters. The van der Waals surface area contributed by atoms with E-state index in [1.54, 1.807) is 19.1 Å². The molecule has 1 unspecified atom stereocenters. The highest BCUT2D eigenvalue weighted by molar-refractivity contribution is 8.04. The van der Waals surface area contributed by atoms with E-state index in [0.717, 1.165) is 28.4 Å². The van der Waals surface area contributed by atoms with Crippen LogP contribution in [0.3, 0.4) is 0 Å². The average Bonchev–Trinajstić information content (AvgIpc) is 2.91. The Morgan fingerprint density at radius 2 is 1.86 bits per heavy atom. The van der Waals surface area contributed by atoms with Crippen LogP contribution >= 0.6 is 11.8 Å². The number of benzene rings is 3. The third kappa shape index (κ3) is 4.96. The second-order valence-electron chi connectivity index (χ2n) is 9.53. The van der Waals surface area contributed by atoms with E-state index in [4.69, 9.17) is 4.74 Å². The second kappa shape index (κ2) is 10.3. The first-order valence-corrected chi connectivity index (χ1v) is 13.2. The normalized spacial score (nSPS) is 18.7. The van der Waals surface area contributed by atoms with Crippen LogP contribution < -0.4 is 14.5 Å². The van der Waals surface area contributed by atoms with Crippen molar-refractivity contribution in [2.24, 2.45) is 0 Å². The molecule has 5 rings (SSSR count). The maximum atomic E-state index is 13.5. The molecule has 190 valence electrons. The molecule has 0 bridgehead atoms. The fraction of sp³-hybridized carbons (Fsp3) is 0.267. The van der Waals surface area contributed by atoms with E-state index in [2.05, 4.69) is 43.0 Å². The van der Waals surface area contributed by atoms with Gasteiger partial charge in [-0.2, -0.15) is 0 Å². The van der Waals surface area contributed by atoms with Crippen LogP contribution in [-0.4, -0.2) is 56.5 Å². The largest absolute Gasteiger partial charge is 0.496 e. The molecular weight excluding hydrogens is 482 g/mol. The van der Waals surface area contributed by atoms with Crippen LogP contribution in [-0.2, 0) is 4.79 Å². The van der Waals surface area contributed by atoms with Crippen molar-refractivity contribution in [3.63, 3.8) is 0 Å². The highest BCUT2D eigenvalue weighted by atomic mass is 32.2. The molecule has 3 aromatic rings. The smallest absolute Gasteiger partial charge is 0.264 e. The van der Waals surface area contributed by atoms with Crippen molar-refractivity contribution in [2.45, 2.75) is 24.8 Å². The van der Waals surface area contributed by atoms with Crippen molar-refractivity contribution in [3.05, 3.63) is 88.3 Å². The van der Waals surface area contributed by atoms with E-state index in [-0.39, 0.29) is 17.9 Å². The zero-order valence-electron chi connectivity index (χ0n) is 21.6. The highest BCUT2D eigenvalue weighted by Gasteiger charge is 2.31. The van der Waals surface area contributed by atoms with Gasteiger partial charge in [-0.25, -0.2) is 0 Å². The Kier molecular flexibility index (Phi) is 6.98. The molecule has 1 saturated heterocycles. The summed E-state index contributed by atoms with van der Waals surface area (Å²) in [5.74, 6) is 0.614. The summed E-state index contributed by atoms with van der Waals surface area (Å²) in [5.41, 5.74) is 4.64. The monoisotopic (exact) mass is 513 g/mol. The van der Waals surface area contributed by atoms with Crippen LogP contribution in [0.25, 0.3) is 6.08 Å². The van der Waals surface area contributed by atoms with Gasteiger partial charge in [-0.3, -0.25) is 9.59 Å². The van der Waals surface area contributed by atoms with Gasteiger partial charge in [0, 0.05) is 54.4 Å². The van der Waals surface area contributed by atoms with Crippen molar-refractivity contribution < 1.29 is 14.3 Å². The van der Waals surface area contributed by atoms with Crippen LogP contribution in [0.2, 0.25) is 0 Å². The lowest BCUT2D eigenvalue weighted by Gasteiger charge is -2.41. The van der Waals surface area contributed by atoms with Crippen LogP contribution in [0, 0.1) is 6.92 Å². The number of carbonyl (C=O) groups is 2. The molecule has 0 aromatic heterocycles. The molecule has 3 aromatic carbocycles. The average molecular weight is 514 g/mol. The van der Waals surface area contributed by atoms with Crippen molar-refractivity contribution >= 4 is 41.0 Å². The number of para-hydroxylation sites is 1. The third-order valence-electron chi connectivity index (χ3n) is 6.98. The molecular formula is C30H31N3O3S. The molecule has 2 aliphatic rings. The van der Waals surface area contributed by atoms with Crippen molar-refractivity contribution in [1.82, 2.24) is 4.90 Å². The Balaban J connectivity index is 1.34. The summed E-state index contributed by atoms with van der Waals surface area (Å²) in [6, 6.07) is 22.0. The number of carbonyl (C=O) groups excluding carboxylic acids is 2. The van der Waals surface area contributed by atoms with Crippen LogP contribution in [0.15, 0.2) is 76.5 Å². The van der Waals surface area contributed by atoms with E-state index in [1.165, 1.54) is 23.0 Å². The van der Waals surface area contributed by atoms with Gasteiger partial charge in [0.15, 0.2) is 0 Å². The number of hydrogen-bond acceptors (Lipinski definition) is 5. The lowest BCUT2D eigenvalue weighted by molar-refractivity contribution is -0.114. The zero-order valence-corrected chi connectivity index (χ0v) is 22.4. The molecule has 6 nitrogen and oxygen atoms in total. The zero-order chi connectivity index (χ0) is 26.1. The van der Waals surface area contributed by atoms with Gasteiger partial charge in [-0.1, -0.05) is 42.1 Å². The molecule has 2 aliphatic heterocycles. The summed E-state index contributed by atoms with van der Waals surface area (Å²) in [6.45, 7) is 6.35. The number of nitrogens with zero attached hydrogens (tertiary/aromatic N) is 3. The number of piperazine rings is 1. The fourth-order valence-corrected chi connectivity index (χ4v) is 6.05. The van der Waals surface area contributed by atoms with Crippen molar-refractivity contribution in [2.75, 3.05) is 43.6 Å². The maximum Gasteiger partial charge on any atom is 0.264 e. The quantitative estimate of drug-likeness (QED) is 0.434. The van der Waals surface area contributed by atoms with Gasteiger partial charge < -0.3 is 19.4 Å². The molecule has 0 saturated carbocycles. The van der Waals surface area contributed by atoms with Crippen molar-refractivity contribution in [3.8, 4) is 5.75 Å². The third-order valence-corrected chi connectivity index (χ3v) is 8.05. The standard InChI is InChI=1S/C30H31N3O3S/c1-20-8-7-10-24(16-20)33-15-14-32(19-21(33)2)29(34)23-12-13-27-25(17-23)31(3)30(35)28(37-27)18-22-9-5-6-11-26(22)36-4/h5-13,16-18,21H,14-15,19H2,1-4H3. The fourth-order valence-electron chi connectivity index (χ4n) is 4.97. The molecule has 2 amide bonds. The first-order chi connectivity index (χ1) is 17.9. The molecule has 0 N–H and O–H groups in total. The Morgan fingerprint density at radius 3 is 2.62 bits per heavy atom. The van der Waals surface area contributed by atoms with E-state index < -0.39 is 0 Å². The molecule has 2 heterocycles. The molecule has 7 heteroatoms. The highest BCUT2D eigenvalue weighted by Crippen LogP contribution is 2.42. The van der Waals surface area contributed by atoms with Crippen molar-refractivity contribution in [1.29, 1.82) is 0 Å². The number of ether oxygens (including phenoxy) is 1. The lowest BCUT2D eigenvalue weighted by Crippen LogP contribution is -2.53. The van der Waals surface area contributed by atoms with E-state index >= 15 is 0 Å². The molecule has 0 radical (unpaired) electrons. The van der Waals surface area contributed by atoms with E-state index in [9.17, 15) is 9.59 Å². The van der Waals surface area contributed by atoms with Crippen LogP contribution in [0.5, 0.6) is 5.75 Å². The minimum atomic E-state index is -0.103. The Bertz CT molecular complexity index is 1390. The topological polar surface area (TPSA) is 53.1 Å². The first-order valence-electron chi connectivity index (χ1n) is 12.4. The number of rotatable bonds is 4.